The van der Waals surface area contributed by atoms with Gasteiger partial charge in [0.1, 0.15) is 0 Å². The fourth-order valence-electron chi connectivity index (χ4n) is 8.69. The van der Waals surface area contributed by atoms with Gasteiger partial charge in [-0.15, -0.1) is 0 Å². The molecule has 47 heavy (non-hydrogen) atoms. The van der Waals surface area contributed by atoms with E-state index in [2.05, 4.69) is 17.1 Å². The van der Waals surface area contributed by atoms with E-state index in [0.717, 1.165) is 57.4 Å². The third kappa shape index (κ3) is 5.30. The first-order valence-electron chi connectivity index (χ1n) is 17.2. The van der Waals surface area contributed by atoms with Crippen molar-refractivity contribution in [3.05, 3.63) is 35.4 Å². The van der Waals surface area contributed by atoms with Gasteiger partial charge < -0.3 is 39.1 Å². The molecule has 2 amide bonds. The first-order valence-corrected chi connectivity index (χ1v) is 17.2. The average molecular weight is 646 g/mol. The Hall–Kier alpha value is -3.86. The van der Waals surface area contributed by atoms with Crippen LogP contribution in [0.15, 0.2) is 24.3 Å². The first-order chi connectivity index (χ1) is 22.7. The molecule has 0 aromatic heterocycles. The van der Waals surface area contributed by atoms with Gasteiger partial charge in [0.05, 0.1) is 62.0 Å². The monoisotopic (exact) mass is 645 g/mol. The maximum absolute atomic E-state index is 13.7. The average Bonchev–Trinajstić information content (AvgIpc) is 3.95. The molecule has 2 saturated heterocycles. The van der Waals surface area contributed by atoms with E-state index >= 15 is 0 Å². The van der Waals surface area contributed by atoms with Crippen LogP contribution in [-0.4, -0.2) is 86.8 Å². The van der Waals surface area contributed by atoms with E-state index in [1.165, 1.54) is 25.7 Å². The summed E-state index contributed by atoms with van der Waals surface area (Å²) >= 11 is 0. The van der Waals surface area contributed by atoms with Crippen molar-refractivity contribution in [2.75, 3.05) is 63.9 Å². The normalized spacial score (nSPS) is 25.8. The van der Waals surface area contributed by atoms with Crippen LogP contribution in [-0.2, 0) is 0 Å². The second-order valence-corrected chi connectivity index (χ2v) is 15.2. The lowest BCUT2D eigenvalue weighted by atomic mass is 9.92. The van der Waals surface area contributed by atoms with Crippen LogP contribution in [0.3, 0.4) is 0 Å². The Balaban J connectivity index is 0.855. The summed E-state index contributed by atoms with van der Waals surface area (Å²) in [5.41, 5.74) is 3.07. The fourth-order valence-corrected chi connectivity index (χ4v) is 8.69. The van der Waals surface area contributed by atoms with E-state index in [0.29, 0.717) is 65.0 Å². The lowest BCUT2D eigenvalue weighted by Crippen LogP contribution is -2.51. The molecule has 2 atom stereocenters. The molecule has 2 spiro atoms. The molecule has 3 N–H and O–H groups in total. The number of anilines is 2. The second kappa shape index (κ2) is 11.1. The number of carbonyl (C=O) groups excluding carboxylic acids is 2. The van der Waals surface area contributed by atoms with Crippen molar-refractivity contribution in [3.8, 4) is 23.0 Å². The highest BCUT2D eigenvalue weighted by molar-refractivity contribution is 6.02. The zero-order valence-corrected chi connectivity index (χ0v) is 27.9. The molecule has 4 aliphatic heterocycles. The van der Waals surface area contributed by atoms with Gasteiger partial charge in [-0.2, -0.15) is 0 Å². The highest BCUT2D eigenvalue weighted by Crippen LogP contribution is 2.59. The molecular formula is C36H47N5O6. The molecular weight excluding hydrogens is 598 g/mol. The van der Waals surface area contributed by atoms with Gasteiger partial charge in [-0.1, -0.05) is 0 Å². The molecule has 11 heteroatoms. The standard InChI is InChI=1S/C36H47N5O6/c1-34-19-36(9-10-36)22-40(34)33(43)25-14-29(45-3)31(16-27(25)41(37)20-34)47-12-6-4-5-11-46-30-15-26-24(13-28(30)44-2)32(42)39-21-35(7-8-35)17-23(39)18-38-26/h13-16,23,38H,4-12,17-22,37H2,1-3H3/t23?,34-/m0/s1. The summed E-state index contributed by atoms with van der Waals surface area (Å²) in [7, 11) is 3.21. The number of benzene rings is 2. The van der Waals surface area contributed by atoms with Crippen LogP contribution in [0.4, 0.5) is 11.4 Å². The minimum absolute atomic E-state index is 0.0180. The number of carbonyl (C=O) groups is 2. The van der Waals surface area contributed by atoms with Gasteiger partial charge >= 0.3 is 0 Å². The van der Waals surface area contributed by atoms with Crippen LogP contribution in [0.1, 0.15) is 85.4 Å². The number of hydrogen-bond acceptors (Lipinski definition) is 9. The molecule has 2 aromatic carbocycles. The molecule has 1 unspecified atom stereocenters. The molecule has 252 valence electrons. The quantitative estimate of drug-likeness (QED) is 0.277. The Morgan fingerprint density at radius 2 is 1.47 bits per heavy atom. The fraction of sp³-hybridized carbons (Fsp3) is 0.611. The van der Waals surface area contributed by atoms with E-state index in [1.807, 2.05) is 23.1 Å². The minimum Gasteiger partial charge on any atom is -0.493 e. The number of methoxy groups -OCH3 is 2. The van der Waals surface area contributed by atoms with Crippen LogP contribution in [0, 0.1) is 10.8 Å². The molecule has 11 nitrogen and oxygen atoms in total. The largest absolute Gasteiger partial charge is 0.493 e. The number of nitrogens with one attached hydrogen (secondary N) is 1. The van der Waals surface area contributed by atoms with E-state index in [9.17, 15) is 9.59 Å². The molecule has 8 rings (SSSR count). The van der Waals surface area contributed by atoms with Crippen LogP contribution in [0.5, 0.6) is 23.0 Å². The number of nitrogens with zero attached hydrogens (tertiary/aromatic N) is 3. The summed E-state index contributed by atoms with van der Waals surface area (Å²) in [5, 5.41) is 5.23. The summed E-state index contributed by atoms with van der Waals surface area (Å²) < 4.78 is 23.6. The number of hydrogen-bond donors (Lipinski definition) is 2. The Labute approximate surface area is 276 Å². The van der Waals surface area contributed by atoms with Crippen LogP contribution >= 0.6 is 0 Å². The lowest BCUT2D eigenvalue weighted by molar-refractivity contribution is 0.0643. The maximum atomic E-state index is 13.7. The first kappa shape index (κ1) is 30.5. The highest BCUT2D eigenvalue weighted by atomic mass is 16.5. The number of fused-ring (bicyclic) bond motifs is 4. The molecule has 2 saturated carbocycles. The molecule has 4 heterocycles. The Bertz CT molecular complexity index is 1600. The predicted molar refractivity (Wildman–Crippen MR) is 178 cm³/mol. The lowest BCUT2D eigenvalue weighted by Gasteiger charge is -2.35. The van der Waals surface area contributed by atoms with Gasteiger partial charge in [0.2, 0.25) is 0 Å². The number of amides is 2. The number of rotatable bonds is 10. The Morgan fingerprint density at radius 1 is 0.809 bits per heavy atom. The van der Waals surface area contributed by atoms with Crippen molar-refractivity contribution in [2.24, 2.45) is 16.7 Å². The number of ether oxygens (including phenoxy) is 4. The van der Waals surface area contributed by atoms with Crippen LogP contribution < -0.4 is 35.1 Å². The third-order valence-electron chi connectivity index (χ3n) is 11.6. The van der Waals surface area contributed by atoms with E-state index in [1.54, 1.807) is 25.3 Å². The zero-order chi connectivity index (χ0) is 32.6. The van der Waals surface area contributed by atoms with Crippen LogP contribution in [0.25, 0.3) is 0 Å². The van der Waals surface area contributed by atoms with Gasteiger partial charge in [0.25, 0.3) is 11.8 Å². The minimum atomic E-state index is -0.287. The third-order valence-corrected chi connectivity index (χ3v) is 11.6. The molecule has 2 aromatic rings. The Morgan fingerprint density at radius 3 is 2.13 bits per heavy atom. The summed E-state index contributed by atoms with van der Waals surface area (Å²) in [6.07, 6.45) is 9.47. The van der Waals surface area contributed by atoms with E-state index in [4.69, 9.17) is 24.8 Å². The number of hydrazine groups is 1. The molecule has 0 radical (unpaired) electrons. The van der Waals surface area contributed by atoms with Crippen LogP contribution in [0.2, 0.25) is 0 Å². The van der Waals surface area contributed by atoms with E-state index in [-0.39, 0.29) is 28.8 Å². The summed E-state index contributed by atoms with van der Waals surface area (Å²) in [4.78, 5) is 31.3. The summed E-state index contributed by atoms with van der Waals surface area (Å²) in [5.74, 6) is 9.03. The number of nitrogens with two attached hydrogens (primary N) is 1. The predicted octanol–water partition coefficient (Wildman–Crippen LogP) is 4.83. The van der Waals surface area contributed by atoms with Crippen molar-refractivity contribution in [1.82, 2.24) is 9.80 Å². The van der Waals surface area contributed by atoms with Gasteiger partial charge in [0, 0.05) is 37.8 Å². The van der Waals surface area contributed by atoms with Gasteiger partial charge in [0.15, 0.2) is 23.0 Å². The summed E-state index contributed by atoms with van der Waals surface area (Å²) in [6, 6.07) is 7.62. The van der Waals surface area contributed by atoms with Crippen molar-refractivity contribution in [2.45, 2.75) is 76.3 Å². The van der Waals surface area contributed by atoms with Crippen molar-refractivity contribution < 1.29 is 28.5 Å². The maximum Gasteiger partial charge on any atom is 0.256 e. The van der Waals surface area contributed by atoms with Gasteiger partial charge in [-0.05, 0) is 87.7 Å². The summed E-state index contributed by atoms with van der Waals surface area (Å²) in [6.45, 7) is 6.18. The SMILES string of the molecule is COc1cc2c(cc1OCCCCCOc1cc3c(cc1OC)C(=O)N1CC4(CC4)C[C@@]1(C)CN3N)NCC1CC3(CC3)CN1C2=O. The van der Waals surface area contributed by atoms with Crippen molar-refractivity contribution >= 4 is 23.2 Å². The van der Waals surface area contributed by atoms with Gasteiger partial charge in [-0.25, -0.2) is 5.84 Å². The van der Waals surface area contributed by atoms with Gasteiger partial charge in [-0.3, -0.25) is 9.59 Å². The van der Waals surface area contributed by atoms with E-state index < -0.39 is 0 Å². The zero-order valence-electron chi connectivity index (χ0n) is 27.9. The second-order valence-electron chi connectivity index (χ2n) is 15.2. The Kier molecular flexibility index (Phi) is 7.20. The molecule has 0 bridgehead atoms. The molecule has 4 fully saturated rings. The van der Waals surface area contributed by atoms with Crippen molar-refractivity contribution in [1.29, 1.82) is 0 Å². The van der Waals surface area contributed by atoms with Crippen molar-refractivity contribution in [3.63, 3.8) is 0 Å². The topological polar surface area (TPSA) is 119 Å². The number of unbranched alkanes of at least 4 members (excludes halogenated alkanes) is 2. The highest BCUT2D eigenvalue weighted by Gasteiger charge is 2.60. The molecule has 2 aliphatic carbocycles. The smallest absolute Gasteiger partial charge is 0.256 e. The molecule has 6 aliphatic rings.